The first-order chi connectivity index (χ1) is 11.4. The van der Waals surface area contributed by atoms with Crippen molar-refractivity contribution in [1.82, 2.24) is 0 Å². The highest BCUT2D eigenvalue weighted by atomic mass is 35.5. The van der Waals surface area contributed by atoms with Gasteiger partial charge in [-0.3, -0.25) is 9.59 Å². The van der Waals surface area contributed by atoms with Crippen molar-refractivity contribution in [2.75, 3.05) is 23.8 Å². The lowest BCUT2D eigenvalue weighted by Crippen LogP contribution is -2.24. The summed E-state index contributed by atoms with van der Waals surface area (Å²) in [6.45, 7) is 1.35. The molecule has 0 spiro atoms. The molecule has 2 aromatic rings. The minimum absolute atomic E-state index is 0.0914. The quantitative estimate of drug-likeness (QED) is 0.839. The van der Waals surface area contributed by atoms with Crippen molar-refractivity contribution in [3.05, 3.63) is 58.9 Å². The summed E-state index contributed by atoms with van der Waals surface area (Å²) in [5.41, 5.74) is 2.03. The molecule has 7 heteroatoms. The van der Waals surface area contributed by atoms with Gasteiger partial charge in [-0.1, -0.05) is 23.7 Å². The van der Waals surface area contributed by atoms with E-state index in [0.717, 1.165) is 11.6 Å². The number of anilines is 2. The van der Waals surface area contributed by atoms with Gasteiger partial charge in [-0.05, 0) is 42.8 Å². The number of nitrogens with one attached hydrogen (secondary N) is 2. The van der Waals surface area contributed by atoms with Crippen molar-refractivity contribution < 1.29 is 18.7 Å². The highest BCUT2D eigenvalue weighted by molar-refractivity contribution is 6.31. The van der Waals surface area contributed by atoms with Gasteiger partial charge in [0.05, 0.1) is 5.02 Å². The first-order valence-electron chi connectivity index (χ1n) is 7.13. The molecule has 0 saturated carbocycles. The SMILES string of the molecule is Cc1cccc(NC(=O)COCC(=O)Nc2ccc(F)c(Cl)c2)c1. The van der Waals surface area contributed by atoms with E-state index in [-0.39, 0.29) is 24.1 Å². The van der Waals surface area contributed by atoms with E-state index in [1.807, 2.05) is 25.1 Å². The van der Waals surface area contributed by atoms with Crippen LogP contribution >= 0.6 is 11.6 Å². The van der Waals surface area contributed by atoms with Gasteiger partial charge in [0, 0.05) is 11.4 Å². The van der Waals surface area contributed by atoms with E-state index in [9.17, 15) is 14.0 Å². The van der Waals surface area contributed by atoms with Crippen LogP contribution in [0.2, 0.25) is 5.02 Å². The molecule has 0 fully saturated rings. The number of rotatable bonds is 6. The maximum atomic E-state index is 13.0. The highest BCUT2D eigenvalue weighted by Gasteiger charge is 2.08. The highest BCUT2D eigenvalue weighted by Crippen LogP contribution is 2.19. The Kier molecular flexibility index (Phi) is 6.28. The fourth-order valence-corrected chi connectivity index (χ4v) is 2.11. The van der Waals surface area contributed by atoms with Crippen LogP contribution in [0.25, 0.3) is 0 Å². The number of ether oxygens (including phenoxy) is 1. The average Bonchev–Trinajstić information content (AvgIpc) is 2.51. The molecule has 24 heavy (non-hydrogen) atoms. The zero-order valence-electron chi connectivity index (χ0n) is 12.9. The number of carbonyl (C=O) groups is 2. The molecule has 126 valence electrons. The number of aryl methyl sites for hydroxylation is 1. The summed E-state index contributed by atoms with van der Waals surface area (Å²) in [5.74, 6) is -1.40. The van der Waals surface area contributed by atoms with E-state index in [1.54, 1.807) is 6.07 Å². The van der Waals surface area contributed by atoms with E-state index in [4.69, 9.17) is 16.3 Å². The summed E-state index contributed by atoms with van der Waals surface area (Å²) in [7, 11) is 0. The Morgan fingerprint density at radius 1 is 1.04 bits per heavy atom. The molecule has 0 aromatic heterocycles. The van der Waals surface area contributed by atoms with Gasteiger partial charge in [0.2, 0.25) is 11.8 Å². The monoisotopic (exact) mass is 350 g/mol. The van der Waals surface area contributed by atoms with Crippen LogP contribution in [-0.2, 0) is 14.3 Å². The molecule has 0 bridgehead atoms. The van der Waals surface area contributed by atoms with Gasteiger partial charge < -0.3 is 15.4 Å². The van der Waals surface area contributed by atoms with Crippen molar-refractivity contribution in [2.45, 2.75) is 6.92 Å². The standard InChI is InChI=1S/C17H16ClFN2O3/c1-11-3-2-4-12(7-11)20-16(22)9-24-10-17(23)21-13-5-6-15(19)14(18)8-13/h2-8H,9-10H2,1H3,(H,20,22)(H,21,23). The lowest BCUT2D eigenvalue weighted by molar-refractivity contribution is -0.125. The smallest absolute Gasteiger partial charge is 0.250 e. The summed E-state index contributed by atoms with van der Waals surface area (Å²) in [4.78, 5) is 23.4. The third kappa shape index (κ3) is 5.64. The number of hydrogen-bond donors (Lipinski definition) is 2. The van der Waals surface area contributed by atoms with E-state index >= 15 is 0 Å². The zero-order valence-corrected chi connectivity index (χ0v) is 13.7. The van der Waals surface area contributed by atoms with Gasteiger partial charge in [0.25, 0.3) is 0 Å². The second-order valence-electron chi connectivity index (χ2n) is 5.09. The maximum Gasteiger partial charge on any atom is 0.250 e. The van der Waals surface area contributed by atoms with Gasteiger partial charge in [-0.15, -0.1) is 0 Å². The van der Waals surface area contributed by atoms with E-state index in [0.29, 0.717) is 11.4 Å². The van der Waals surface area contributed by atoms with Gasteiger partial charge in [0.1, 0.15) is 19.0 Å². The molecule has 0 heterocycles. The molecule has 0 aliphatic carbocycles. The van der Waals surface area contributed by atoms with Crippen molar-refractivity contribution in [2.24, 2.45) is 0 Å². The predicted molar refractivity (Wildman–Crippen MR) is 90.7 cm³/mol. The molecule has 0 saturated heterocycles. The molecule has 5 nitrogen and oxygen atoms in total. The second kappa shape index (κ2) is 8.42. The van der Waals surface area contributed by atoms with Crippen LogP contribution in [0.5, 0.6) is 0 Å². The van der Waals surface area contributed by atoms with Crippen LogP contribution in [-0.4, -0.2) is 25.0 Å². The topological polar surface area (TPSA) is 67.4 Å². The second-order valence-corrected chi connectivity index (χ2v) is 5.49. The normalized spacial score (nSPS) is 10.3. The van der Waals surface area contributed by atoms with Crippen LogP contribution in [0.15, 0.2) is 42.5 Å². The lowest BCUT2D eigenvalue weighted by Gasteiger charge is -2.08. The van der Waals surface area contributed by atoms with Crippen LogP contribution in [0, 0.1) is 12.7 Å². The van der Waals surface area contributed by atoms with Crippen molar-refractivity contribution in [3.63, 3.8) is 0 Å². The van der Waals surface area contributed by atoms with Gasteiger partial charge in [0.15, 0.2) is 0 Å². The Bertz CT molecular complexity index is 752. The maximum absolute atomic E-state index is 13.0. The number of carbonyl (C=O) groups excluding carboxylic acids is 2. The Morgan fingerprint density at radius 3 is 2.25 bits per heavy atom. The Morgan fingerprint density at radius 2 is 1.67 bits per heavy atom. The number of halogens is 2. The fraction of sp³-hybridized carbons (Fsp3) is 0.176. The van der Waals surface area contributed by atoms with Gasteiger partial charge >= 0.3 is 0 Å². The van der Waals surface area contributed by atoms with Crippen molar-refractivity contribution in [3.8, 4) is 0 Å². The number of amides is 2. The minimum Gasteiger partial charge on any atom is -0.362 e. The number of hydrogen-bond acceptors (Lipinski definition) is 3. The lowest BCUT2D eigenvalue weighted by atomic mass is 10.2. The third-order valence-electron chi connectivity index (χ3n) is 2.97. The van der Waals surface area contributed by atoms with E-state index in [2.05, 4.69) is 10.6 Å². The molecular weight excluding hydrogens is 335 g/mol. The van der Waals surface area contributed by atoms with Crippen LogP contribution < -0.4 is 10.6 Å². The molecular formula is C17H16ClFN2O3. The minimum atomic E-state index is -0.571. The molecule has 2 N–H and O–H groups in total. The number of benzene rings is 2. The van der Waals surface area contributed by atoms with Gasteiger partial charge in [-0.2, -0.15) is 0 Å². The first kappa shape index (κ1) is 17.9. The molecule has 0 unspecified atom stereocenters. The largest absolute Gasteiger partial charge is 0.362 e. The molecule has 2 aromatic carbocycles. The average molecular weight is 351 g/mol. The molecule has 0 radical (unpaired) electrons. The third-order valence-corrected chi connectivity index (χ3v) is 3.26. The fourth-order valence-electron chi connectivity index (χ4n) is 1.93. The Labute approximate surface area is 143 Å². The predicted octanol–water partition coefficient (Wildman–Crippen LogP) is 3.38. The summed E-state index contributed by atoms with van der Waals surface area (Å²) in [6.07, 6.45) is 0. The van der Waals surface area contributed by atoms with Crippen LogP contribution in [0.3, 0.4) is 0 Å². The Hall–Kier alpha value is -2.44. The molecule has 0 aliphatic rings. The summed E-state index contributed by atoms with van der Waals surface area (Å²) in [5, 5.41) is 5.07. The van der Waals surface area contributed by atoms with Crippen LogP contribution in [0.4, 0.5) is 15.8 Å². The van der Waals surface area contributed by atoms with Crippen molar-refractivity contribution in [1.29, 1.82) is 0 Å². The first-order valence-corrected chi connectivity index (χ1v) is 7.51. The van der Waals surface area contributed by atoms with Crippen molar-refractivity contribution >= 4 is 34.8 Å². The van der Waals surface area contributed by atoms with E-state index < -0.39 is 11.7 Å². The molecule has 2 amide bonds. The molecule has 2 rings (SSSR count). The van der Waals surface area contributed by atoms with E-state index in [1.165, 1.54) is 12.1 Å². The summed E-state index contributed by atoms with van der Waals surface area (Å²) in [6, 6.07) is 11.1. The van der Waals surface area contributed by atoms with Crippen LogP contribution in [0.1, 0.15) is 5.56 Å². The summed E-state index contributed by atoms with van der Waals surface area (Å²) < 4.78 is 18.1. The molecule has 0 atom stereocenters. The Balaban J connectivity index is 1.73. The summed E-state index contributed by atoms with van der Waals surface area (Å²) >= 11 is 5.62. The molecule has 0 aliphatic heterocycles. The van der Waals surface area contributed by atoms with Gasteiger partial charge in [-0.25, -0.2) is 4.39 Å². The zero-order chi connectivity index (χ0) is 17.5.